The van der Waals surface area contributed by atoms with E-state index in [2.05, 4.69) is 17.2 Å². The van der Waals surface area contributed by atoms with E-state index in [1.807, 2.05) is 11.8 Å². The average Bonchev–Trinajstić information content (AvgIpc) is 2.30. The quantitative estimate of drug-likeness (QED) is 0.470. The molecular weight excluding hydrogens is 262 g/mol. The number of thioether (sulfide) groups is 1. The normalized spacial score (nSPS) is 10.2. The molecule has 0 aliphatic rings. The van der Waals surface area contributed by atoms with Gasteiger partial charge in [0.05, 0.1) is 9.95 Å². The highest BCUT2D eigenvalue weighted by atomic mass is 35.5. The third-order valence-electron chi connectivity index (χ3n) is 1.99. The van der Waals surface area contributed by atoms with Gasteiger partial charge in [-0.2, -0.15) is 11.8 Å². The fourth-order valence-corrected chi connectivity index (χ4v) is 2.02. The van der Waals surface area contributed by atoms with E-state index in [4.69, 9.17) is 11.6 Å². The molecule has 5 nitrogen and oxygen atoms in total. The van der Waals surface area contributed by atoms with Crippen LogP contribution in [0.3, 0.4) is 0 Å². The van der Waals surface area contributed by atoms with Crippen molar-refractivity contribution in [2.75, 3.05) is 23.4 Å². The SMILES string of the molecule is CCSCCCNc1ncc(Cl)cc1[N+](=O)[O-]. The van der Waals surface area contributed by atoms with Gasteiger partial charge in [-0.25, -0.2) is 4.98 Å². The van der Waals surface area contributed by atoms with Crippen molar-refractivity contribution in [3.05, 3.63) is 27.4 Å². The molecule has 0 unspecified atom stereocenters. The van der Waals surface area contributed by atoms with Crippen molar-refractivity contribution in [3.63, 3.8) is 0 Å². The zero-order valence-corrected chi connectivity index (χ0v) is 11.1. The first-order valence-corrected chi connectivity index (χ1v) is 6.80. The van der Waals surface area contributed by atoms with E-state index in [0.717, 1.165) is 17.9 Å². The molecule has 1 heterocycles. The van der Waals surface area contributed by atoms with Crippen molar-refractivity contribution in [3.8, 4) is 0 Å². The molecule has 0 amide bonds. The zero-order chi connectivity index (χ0) is 12.7. The number of halogens is 1. The van der Waals surface area contributed by atoms with Crippen molar-refractivity contribution in [2.45, 2.75) is 13.3 Å². The summed E-state index contributed by atoms with van der Waals surface area (Å²) in [6, 6.07) is 1.30. The Bertz CT molecular complexity index is 390. The number of nitrogens with one attached hydrogen (secondary N) is 1. The van der Waals surface area contributed by atoms with E-state index in [1.165, 1.54) is 12.3 Å². The molecular formula is C10H14ClN3O2S. The van der Waals surface area contributed by atoms with Crippen LogP contribution < -0.4 is 5.32 Å². The molecule has 0 fully saturated rings. The van der Waals surface area contributed by atoms with E-state index in [0.29, 0.717) is 6.54 Å². The third kappa shape index (κ3) is 4.79. The Morgan fingerprint density at radius 3 is 3.06 bits per heavy atom. The number of pyridine rings is 1. The van der Waals surface area contributed by atoms with E-state index in [1.54, 1.807) is 0 Å². The molecule has 1 N–H and O–H groups in total. The summed E-state index contributed by atoms with van der Waals surface area (Å²) in [5, 5.41) is 14.0. The van der Waals surface area contributed by atoms with Gasteiger partial charge in [0, 0.05) is 18.8 Å². The molecule has 0 bridgehead atoms. The maximum Gasteiger partial charge on any atom is 0.312 e. The second kappa shape index (κ2) is 7.34. The summed E-state index contributed by atoms with van der Waals surface area (Å²) in [5.74, 6) is 2.39. The highest BCUT2D eigenvalue weighted by molar-refractivity contribution is 7.99. The molecule has 0 saturated heterocycles. The van der Waals surface area contributed by atoms with E-state index in [9.17, 15) is 10.1 Å². The predicted molar refractivity (Wildman–Crippen MR) is 72.0 cm³/mol. The molecule has 0 atom stereocenters. The fraction of sp³-hybridized carbons (Fsp3) is 0.500. The summed E-state index contributed by atoms with van der Waals surface area (Å²) >= 11 is 7.51. The molecule has 0 saturated carbocycles. The largest absolute Gasteiger partial charge is 0.364 e. The number of hydrogen-bond acceptors (Lipinski definition) is 5. The summed E-state index contributed by atoms with van der Waals surface area (Å²) in [5.41, 5.74) is -0.0827. The minimum atomic E-state index is -0.484. The summed E-state index contributed by atoms with van der Waals surface area (Å²) < 4.78 is 0. The first kappa shape index (κ1) is 14.1. The van der Waals surface area contributed by atoms with Gasteiger partial charge in [0.1, 0.15) is 0 Å². The molecule has 7 heteroatoms. The van der Waals surface area contributed by atoms with Gasteiger partial charge in [-0.15, -0.1) is 0 Å². The first-order chi connectivity index (χ1) is 8.15. The maximum absolute atomic E-state index is 10.8. The fourth-order valence-electron chi connectivity index (χ4n) is 1.23. The van der Waals surface area contributed by atoms with E-state index in [-0.39, 0.29) is 16.5 Å². The predicted octanol–water partition coefficient (Wildman–Crippen LogP) is 3.20. The molecule has 0 radical (unpaired) electrons. The summed E-state index contributed by atoms with van der Waals surface area (Å²) in [6.07, 6.45) is 2.34. The standard InChI is InChI=1S/C10H14ClN3O2S/c1-2-17-5-3-4-12-10-9(14(15)16)6-8(11)7-13-10/h6-7H,2-5H2,1H3,(H,12,13). The van der Waals surface area contributed by atoms with Gasteiger partial charge in [0.15, 0.2) is 0 Å². The number of anilines is 1. The lowest BCUT2D eigenvalue weighted by Gasteiger charge is -2.05. The molecule has 0 spiro atoms. The first-order valence-electron chi connectivity index (χ1n) is 5.26. The Morgan fingerprint density at radius 1 is 1.65 bits per heavy atom. The molecule has 94 valence electrons. The maximum atomic E-state index is 10.8. The zero-order valence-electron chi connectivity index (χ0n) is 9.48. The minimum absolute atomic E-state index is 0.0827. The summed E-state index contributed by atoms with van der Waals surface area (Å²) in [7, 11) is 0. The monoisotopic (exact) mass is 275 g/mol. The lowest BCUT2D eigenvalue weighted by Crippen LogP contribution is -2.07. The molecule has 0 aliphatic heterocycles. The van der Waals surface area contributed by atoms with Crippen molar-refractivity contribution < 1.29 is 4.92 Å². The number of hydrogen-bond donors (Lipinski definition) is 1. The smallest absolute Gasteiger partial charge is 0.312 e. The lowest BCUT2D eigenvalue weighted by atomic mass is 10.4. The third-order valence-corrected chi connectivity index (χ3v) is 3.19. The van der Waals surface area contributed by atoms with Crippen LogP contribution in [-0.2, 0) is 0 Å². The Morgan fingerprint density at radius 2 is 2.41 bits per heavy atom. The average molecular weight is 276 g/mol. The highest BCUT2D eigenvalue weighted by Crippen LogP contribution is 2.24. The van der Waals surface area contributed by atoms with Crippen molar-refractivity contribution >= 4 is 34.9 Å². The molecule has 0 aliphatic carbocycles. The van der Waals surface area contributed by atoms with Crippen molar-refractivity contribution in [1.82, 2.24) is 4.98 Å². The molecule has 1 aromatic rings. The van der Waals surface area contributed by atoms with Gasteiger partial charge in [0.25, 0.3) is 0 Å². The molecule has 17 heavy (non-hydrogen) atoms. The van der Waals surface area contributed by atoms with Crippen LogP contribution in [0.15, 0.2) is 12.3 Å². The van der Waals surface area contributed by atoms with Crippen LogP contribution in [0.5, 0.6) is 0 Å². The molecule has 1 aromatic heterocycles. The topological polar surface area (TPSA) is 68.1 Å². The Kier molecular flexibility index (Phi) is 6.07. The van der Waals surface area contributed by atoms with Crippen LogP contribution in [0.25, 0.3) is 0 Å². The number of aromatic nitrogens is 1. The van der Waals surface area contributed by atoms with Gasteiger partial charge < -0.3 is 5.32 Å². The minimum Gasteiger partial charge on any atom is -0.364 e. The van der Waals surface area contributed by atoms with E-state index >= 15 is 0 Å². The van der Waals surface area contributed by atoms with Gasteiger partial charge in [-0.3, -0.25) is 10.1 Å². The van der Waals surface area contributed by atoms with Gasteiger partial charge in [-0.1, -0.05) is 18.5 Å². The van der Waals surface area contributed by atoms with Gasteiger partial charge >= 0.3 is 5.69 Å². The van der Waals surface area contributed by atoms with Gasteiger partial charge in [-0.05, 0) is 17.9 Å². The van der Waals surface area contributed by atoms with Crippen LogP contribution in [0.1, 0.15) is 13.3 Å². The number of nitrogens with zero attached hydrogens (tertiary/aromatic N) is 2. The second-order valence-corrected chi connectivity index (χ2v) is 5.09. The Hall–Kier alpha value is -1.01. The van der Waals surface area contributed by atoms with Gasteiger partial charge in [0.2, 0.25) is 5.82 Å². The van der Waals surface area contributed by atoms with Crippen molar-refractivity contribution in [2.24, 2.45) is 0 Å². The van der Waals surface area contributed by atoms with Crippen LogP contribution in [0.2, 0.25) is 5.02 Å². The Labute approximate surface area is 109 Å². The van der Waals surface area contributed by atoms with Crippen molar-refractivity contribution in [1.29, 1.82) is 0 Å². The van der Waals surface area contributed by atoms with Crippen LogP contribution in [0, 0.1) is 10.1 Å². The second-order valence-electron chi connectivity index (χ2n) is 3.26. The Balaban J connectivity index is 2.55. The van der Waals surface area contributed by atoms with Crippen LogP contribution >= 0.6 is 23.4 Å². The number of rotatable bonds is 7. The lowest BCUT2D eigenvalue weighted by molar-refractivity contribution is -0.384. The molecule has 0 aromatic carbocycles. The number of nitro groups is 1. The summed E-state index contributed by atoms with van der Waals surface area (Å²) in [4.78, 5) is 14.2. The van der Waals surface area contributed by atoms with E-state index < -0.39 is 4.92 Å². The highest BCUT2D eigenvalue weighted by Gasteiger charge is 2.15. The van der Waals surface area contributed by atoms with Crippen LogP contribution in [-0.4, -0.2) is 28.0 Å². The summed E-state index contributed by atoms with van der Waals surface area (Å²) in [6.45, 7) is 2.77. The van der Waals surface area contributed by atoms with Crippen LogP contribution in [0.4, 0.5) is 11.5 Å². The molecule has 1 rings (SSSR count).